The van der Waals surface area contributed by atoms with Gasteiger partial charge in [-0.15, -0.1) is 11.3 Å². The molecule has 2 heterocycles. The lowest BCUT2D eigenvalue weighted by Crippen LogP contribution is -2.34. The highest BCUT2D eigenvalue weighted by atomic mass is 32.1. The zero-order chi connectivity index (χ0) is 20.8. The van der Waals surface area contributed by atoms with Crippen LogP contribution in [0.5, 0.6) is 5.75 Å². The van der Waals surface area contributed by atoms with Crippen molar-refractivity contribution in [2.45, 2.75) is 33.2 Å². The van der Waals surface area contributed by atoms with Gasteiger partial charge in [-0.25, -0.2) is 4.68 Å². The molecule has 0 aliphatic carbocycles. The van der Waals surface area contributed by atoms with Crippen molar-refractivity contribution in [1.82, 2.24) is 15.1 Å². The van der Waals surface area contributed by atoms with Gasteiger partial charge in [-0.1, -0.05) is 32.0 Å². The Morgan fingerprint density at radius 3 is 2.79 bits per heavy atom. The number of hydrogen-bond acceptors (Lipinski definition) is 5. The lowest BCUT2D eigenvalue weighted by Gasteiger charge is -2.15. The van der Waals surface area contributed by atoms with Crippen molar-refractivity contribution < 1.29 is 9.53 Å². The molecule has 7 heteroatoms. The van der Waals surface area contributed by atoms with E-state index in [-0.39, 0.29) is 18.1 Å². The van der Waals surface area contributed by atoms with Crippen LogP contribution in [-0.4, -0.2) is 28.8 Å². The average molecular weight is 412 g/mol. The van der Waals surface area contributed by atoms with Gasteiger partial charge >= 0.3 is 0 Å². The van der Waals surface area contributed by atoms with E-state index in [2.05, 4.69) is 24.3 Å². The summed E-state index contributed by atoms with van der Waals surface area (Å²) in [7, 11) is 0. The molecule has 1 amide bonds. The second kappa shape index (κ2) is 9.52. The van der Waals surface area contributed by atoms with Crippen molar-refractivity contribution in [3.8, 4) is 16.3 Å². The molecule has 0 radical (unpaired) electrons. The first kappa shape index (κ1) is 20.8. The molecule has 0 aliphatic heterocycles. The van der Waals surface area contributed by atoms with E-state index in [4.69, 9.17) is 4.74 Å². The van der Waals surface area contributed by atoms with Gasteiger partial charge in [-0.2, -0.15) is 5.10 Å². The summed E-state index contributed by atoms with van der Waals surface area (Å²) in [5.41, 5.74) is 2.71. The highest BCUT2D eigenvalue weighted by Crippen LogP contribution is 2.27. The fraction of sp³-hybridized carbons (Fsp3) is 0.318. The number of aromatic nitrogens is 2. The molecule has 3 aromatic rings. The van der Waals surface area contributed by atoms with Gasteiger partial charge in [0.05, 0.1) is 11.4 Å². The summed E-state index contributed by atoms with van der Waals surface area (Å²) < 4.78 is 7.11. The van der Waals surface area contributed by atoms with E-state index < -0.39 is 0 Å². The summed E-state index contributed by atoms with van der Waals surface area (Å²) in [5.74, 6) is 0.808. The maximum Gasteiger partial charge on any atom is 0.266 e. The predicted molar refractivity (Wildman–Crippen MR) is 116 cm³/mol. The number of rotatable bonds is 8. The Morgan fingerprint density at radius 2 is 2.07 bits per heavy atom. The largest absolute Gasteiger partial charge is 0.483 e. The molecular weight excluding hydrogens is 386 g/mol. The Kier molecular flexibility index (Phi) is 6.82. The lowest BCUT2D eigenvalue weighted by atomic mass is 10.0. The molecular formula is C22H25N3O3S. The summed E-state index contributed by atoms with van der Waals surface area (Å²) in [6.07, 6.45) is 0. The van der Waals surface area contributed by atoms with Crippen molar-refractivity contribution in [2.24, 2.45) is 0 Å². The normalized spacial score (nSPS) is 10.9. The van der Waals surface area contributed by atoms with Gasteiger partial charge in [0.15, 0.2) is 6.61 Å². The number of ether oxygens (including phenoxy) is 1. The highest BCUT2D eigenvalue weighted by Gasteiger charge is 2.10. The minimum absolute atomic E-state index is 0.0687. The minimum atomic E-state index is -0.233. The van der Waals surface area contributed by atoms with E-state index in [0.29, 0.717) is 19.0 Å². The zero-order valence-corrected chi connectivity index (χ0v) is 17.7. The molecule has 0 unspecified atom stereocenters. The first-order valence-corrected chi connectivity index (χ1v) is 10.4. The standard InChI is InChI=1S/C22H25N3O3S/c1-15(2)17-7-6-16(3)13-19(17)28-14-21(26)23-10-11-25-22(27)9-8-18(24-25)20-5-4-12-29-20/h4-9,12-13,15H,10-11,14H2,1-3H3,(H,23,26). The van der Waals surface area contributed by atoms with E-state index in [1.54, 1.807) is 17.4 Å². The maximum absolute atomic E-state index is 12.2. The Labute approximate surface area is 174 Å². The number of benzene rings is 1. The van der Waals surface area contributed by atoms with Gasteiger partial charge in [0.2, 0.25) is 0 Å². The predicted octanol–water partition coefficient (Wildman–Crippen LogP) is 3.60. The molecule has 0 atom stereocenters. The first-order chi connectivity index (χ1) is 13.9. The van der Waals surface area contributed by atoms with Crippen LogP contribution in [0, 0.1) is 6.92 Å². The smallest absolute Gasteiger partial charge is 0.266 e. The maximum atomic E-state index is 12.2. The zero-order valence-electron chi connectivity index (χ0n) is 16.8. The molecule has 2 aromatic heterocycles. The lowest BCUT2D eigenvalue weighted by molar-refractivity contribution is -0.123. The number of carbonyl (C=O) groups excluding carboxylic acids is 1. The summed E-state index contributed by atoms with van der Waals surface area (Å²) in [6, 6.07) is 13.1. The second-order valence-corrected chi connectivity index (χ2v) is 8.04. The van der Waals surface area contributed by atoms with Crippen LogP contribution >= 0.6 is 11.3 Å². The van der Waals surface area contributed by atoms with E-state index in [9.17, 15) is 9.59 Å². The summed E-state index contributed by atoms with van der Waals surface area (Å²) in [5, 5.41) is 9.13. The molecule has 0 fully saturated rings. The van der Waals surface area contributed by atoms with Crippen LogP contribution in [0.15, 0.2) is 52.6 Å². The van der Waals surface area contributed by atoms with Crippen LogP contribution in [0.4, 0.5) is 0 Å². The molecule has 0 spiro atoms. The van der Waals surface area contributed by atoms with E-state index in [1.807, 2.05) is 42.6 Å². The third-order valence-electron chi connectivity index (χ3n) is 4.44. The number of carbonyl (C=O) groups is 1. The number of nitrogens with zero attached hydrogens (tertiary/aromatic N) is 2. The van der Waals surface area contributed by atoms with E-state index >= 15 is 0 Å². The fourth-order valence-corrected chi connectivity index (χ4v) is 3.59. The Balaban J connectivity index is 1.54. The van der Waals surface area contributed by atoms with Gasteiger partial charge in [0, 0.05) is 12.6 Å². The van der Waals surface area contributed by atoms with Crippen molar-refractivity contribution in [3.63, 3.8) is 0 Å². The van der Waals surface area contributed by atoms with Crippen molar-refractivity contribution in [2.75, 3.05) is 13.2 Å². The topological polar surface area (TPSA) is 73.2 Å². The monoisotopic (exact) mass is 411 g/mol. The summed E-state index contributed by atoms with van der Waals surface area (Å²) >= 11 is 1.56. The molecule has 0 bridgehead atoms. The number of amides is 1. The molecule has 0 saturated heterocycles. The Morgan fingerprint density at radius 1 is 1.24 bits per heavy atom. The quantitative estimate of drug-likeness (QED) is 0.615. The van der Waals surface area contributed by atoms with Crippen molar-refractivity contribution in [1.29, 1.82) is 0 Å². The number of nitrogens with one attached hydrogen (secondary N) is 1. The molecule has 1 N–H and O–H groups in total. The third kappa shape index (κ3) is 5.54. The van der Waals surface area contributed by atoms with Crippen LogP contribution in [0.25, 0.3) is 10.6 Å². The highest BCUT2D eigenvalue weighted by molar-refractivity contribution is 7.13. The van der Waals surface area contributed by atoms with Crippen LogP contribution < -0.4 is 15.6 Å². The number of hydrogen-bond donors (Lipinski definition) is 1. The fourth-order valence-electron chi connectivity index (χ4n) is 2.90. The van der Waals surface area contributed by atoms with Crippen molar-refractivity contribution >= 4 is 17.2 Å². The van der Waals surface area contributed by atoms with Crippen LogP contribution in [0.1, 0.15) is 30.9 Å². The Hall–Kier alpha value is -2.93. The molecule has 0 saturated carbocycles. The number of thiophene rings is 1. The average Bonchev–Trinajstić information content (AvgIpc) is 3.22. The summed E-state index contributed by atoms with van der Waals surface area (Å²) in [6.45, 7) is 6.70. The van der Waals surface area contributed by atoms with Crippen LogP contribution in [0.3, 0.4) is 0 Å². The van der Waals surface area contributed by atoms with Gasteiger partial charge in [0.25, 0.3) is 11.5 Å². The SMILES string of the molecule is Cc1ccc(C(C)C)c(OCC(=O)NCCn2nc(-c3cccs3)ccc2=O)c1. The van der Waals surface area contributed by atoms with Crippen molar-refractivity contribution in [3.05, 3.63) is 69.3 Å². The second-order valence-electron chi connectivity index (χ2n) is 7.09. The van der Waals surface area contributed by atoms with E-state index in [1.165, 1.54) is 10.7 Å². The first-order valence-electron chi connectivity index (χ1n) is 9.56. The molecule has 29 heavy (non-hydrogen) atoms. The molecule has 3 rings (SSSR count). The third-order valence-corrected chi connectivity index (χ3v) is 5.33. The van der Waals surface area contributed by atoms with E-state index in [0.717, 1.165) is 27.4 Å². The molecule has 6 nitrogen and oxygen atoms in total. The van der Waals surface area contributed by atoms with Crippen LogP contribution in [0.2, 0.25) is 0 Å². The number of aryl methyl sites for hydroxylation is 1. The van der Waals surface area contributed by atoms with Gasteiger partial charge < -0.3 is 10.1 Å². The molecule has 1 aromatic carbocycles. The summed E-state index contributed by atoms with van der Waals surface area (Å²) in [4.78, 5) is 25.2. The minimum Gasteiger partial charge on any atom is -0.483 e. The van der Waals surface area contributed by atoms with Gasteiger partial charge in [-0.05, 0) is 47.5 Å². The van der Waals surface area contributed by atoms with Gasteiger partial charge in [0.1, 0.15) is 11.4 Å². The molecule has 152 valence electrons. The van der Waals surface area contributed by atoms with Crippen LogP contribution in [-0.2, 0) is 11.3 Å². The molecule has 0 aliphatic rings. The van der Waals surface area contributed by atoms with Gasteiger partial charge in [-0.3, -0.25) is 9.59 Å². The Bertz CT molecular complexity index is 1030.